The minimum Gasteiger partial charge on any atom is -0.392 e. The number of carbonyl (C=O) groups is 2. The zero-order valence-electron chi connectivity index (χ0n) is 18.7. The third-order valence-electron chi connectivity index (χ3n) is 5.38. The number of rotatable bonds is 21. The van der Waals surface area contributed by atoms with Crippen LogP contribution < -0.4 is 5.73 Å². The molecule has 0 radical (unpaired) electrons. The largest absolute Gasteiger partial charge is 0.392 e. The molecule has 2 N–H and O–H groups in total. The molecule has 0 aromatic carbocycles. The van der Waals surface area contributed by atoms with Crippen LogP contribution >= 0.6 is 0 Å². The summed E-state index contributed by atoms with van der Waals surface area (Å²) in [4.78, 5) is 22.2. The van der Waals surface area contributed by atoms with Gasteiger partial charge in [-0.3, -0.25) is 9.59 Å². The van der Waals surface area contributed by atoms with E-state index in [1.807, 2.05) is 0 Å². The standard InChI is InChI=1S/C24H47NO3/c1-2-3-4-5-6-7-8-9-10-11-12-13-14-15-16-17-18-19-20-21-23(26)28-24(27)22-25/h2-22,25H2,1H3. The molecule has 166 valence electrons. The van der Waals surface area contributed by atoms with E-state index >= 15 is 0 Å². The zero-order valence-corrected chi connectivity index (χ0v) is 18.7. The highest BCUT2D eigenvalue weighted by Gasteiger charge is 2.07. The van der Waals surface area contributed by atoms with Gasteiger partial charge in [-0.1, -0.05) is 122 Å². The highest BCUT2D eigenvalue weighted by molar-refractivity contribution is 5.86. The quantitative estimate of drug-likeness (QED) is 0.131. The number of nitrogens with two attached hydrogens (primary N) is 1. The number of hydrogen-bond donors (Lipinski definition) is 1. The van der Waals surface area contributed by atoms with Crippen molar-refractivity contribution in [2.75, 3.05) is 6.54 Å². The Morgan fingerprint density at radius 2 is 0.857 bits per heavy atom. The fourth-order valence-corrected chi connectivity index (χ4v) is 3.57. The van der Waals surface area contributed by atoms with E-state index in [4.69, 9.17) is 5.73 Å². The van der Waals surface area contributed by atoms with Crippen molar-refractivity contribution in [2.45, 2.75) is 135 Å². The molecule has 4 nitrogen and oxygen atoms in total. The first-order valence-electron chi connectivity index (χ1n) is 12.1. The van der Waals surface area contributed by atoms with Crippen molar-refractivity contribution in [2.24, 2.45) is 5.73 Å². The molecule has 0 rings (SSSR count). The van der Waals surface area contributed by atoms with Crippen LogP contribution in [0.25, 0.3) is 0 Å². The van der Waals surface area contributed by atoms with Crippen molar-refractivity contribution in [1.29, 1.82) is 0 Å². The van der Waals surface area contributed by atoms with Gasteiger partial charge in [-0.15, -0.1) is 0 Å². The second-order valence-electron chi connectivity index (χ2n) is 8.16. The van der Waals surface area contributed by atoms with E-state index in [2.05, 4.69) is 11.7 Å². The van der Waals surface area contributed by atoms with Crippen LogP contribution in [0.4, 0.5) is 0 Å². The fraction of sp³-hybridized carbons (Fsp3) is 0.917. The van der Waals surface area contributed by atoms with Gasteiger partial charge in [0.1, 0.15) is 0 Å². The molecular weight excluding hydrogens is 350 g/mol. The third-order valence-corrected chi connectivity index (χ3v) is 5.38. The molecule has 0 aliphatic rings. The van der Waals surface area contributed by atoms with E-state index in [1.165, 1.54) is 103 Å². The Morgan fingerprint density at radius 3 is 1.18 bits per heavy atom. The van der Waals surface area contributed by atoms with E-state index in [9.17, 15) is 9.59 Å². The molecule has 0 aromatic rings. The molecular formula is C24H47NO3. The number of carbonyl (C=O) groups excluding carboxylic acids is 2. The Balaban J connectivity index is 3.10. The van der Waals surface area contributed by atoms with Crippen molar-refractivity contribution in [1.82, 2.24) is 0 Å². The number of esters is 2. The van der Waals surface area contributed by atoms with E-state index in [0.717, 1.165) is 19.3 Å². The van der Waals surface area contributed by atoms with Gasteiger partial charge in [-0.2, -0.15) is 0 Å². The molecule has 4 heteroatoms. The summed E-state index contributed by atoms with van der Waals surface area (Å²) in [5, 5.41) is 0. The molecule has 0 heterocycles. The summed E-state index contributed by atoms with van der Waals surface area (Å²) in [6.45, 7) is 2.05. The van der Waals surface area contributed by atoms with Gasteiger partial charge in [0.15, 0.2) is 0 Å². The molecule has 0 aliphatic heterocycles. The van der Waals surface area contributed by atoms with E-state index in [-0.39, 0.29) is 6.54 Å². The molecule has 0 amide bonds. The topological polar surface area (TPSA) is 69.4 Å². The lowest BCUT2D eigenvalue weighted by Gasteiger charge is -2.04. The molecule has 0 aromatic heterocycles. The summed E-state index contributed by atoms with van der Waals surface area (Å²) < 4.78 is 4.53. The van der Waals surface area contributed by atoms with Gasteiger partial charge in [-0.25, -0.2) is 0 Å². The van der Waals surface area contributed by atoms with Crippen LogP contribution in [-0.4, -0.2) is 18.5 Å². The summed E-state index contributed by atoms with van der Waals surface area (Å²) >= 11 is 0. The molecule has 0 spiro atoms. The Kier molecular flexibility index (Phi) is 21.7. The van der Waals surface area contributed by atoms with Gasteiger partial charge in [0.05, 0.1) is 6.54 Å². The average molecular weight is 398 g/mol. The molecule has 28 heavy (non-hydrogen) atoms. The molecule has 0 saturated carbocycles. The van der Waals surface area contributed by atoms with Gasteiger partial charge in [-0.05, 0) is 6.42 Å². The minimum absolute atomic E-state index is 0.231. The molecule has 0 atom stereocenters. The highest BCUT2D eigenvalue weighted by atomic mass is 16.6. The Morgan fingerprint density at radius 1 is 0.536 bits per heavy atom. The maximum absolute atomic E-state index is 11.3. The monoisotopic (exact) mass is 397 g/mol. The maximum atomic E-state index is 11.3. The predicted molar refractivity (Wildman–Crippen MR) is 118 cm³/mol. The van der Waals surface area contributed by atoms with Crippen LogP contribution in [0.3, 0.4) is 0 Å². The van der Waals surface area contributed by atoms with Crippen molar-refractivity contribution >= 4 is 11.9 Å². The second kappa shape index (κ2) is 22.4. The van der Waals surface area contributed by atoms with E-state index < -0.39 is 11.9 Å². The Bertz CT molecular complexity index is 358. The first-order valence-corrected chi connectivity index (χ1v) is 12.1. The molecule has 0 unspecified atom stereocenters. The minimum atomic E-state index is -0.636. The van der Waals surface area contributed by atoms with Gasteiger partial charge in [0.2, 0.25) is 0 Å². The smallest absolute Gasteiger partial charge is 0.327 e. The SMILES string of the molecule is CCCCCCCCCCCCCCCCCCCCCC(=O)OC(=O)CN. The van der Waals surface area contributed by atoms with Gasteiger partial charge in [0, 0.05) is 6.42 Å². The predicted octanol–water partition coefficient (Wildman–Crippen LogP) is 6.84. The van der Waals surface area contributed by atoms with Gasteiger partial charge < -0.3 is 10.5 Å². The number of hydrogen-bond acceptors (Lipinski definition) is 4. The normalized spacial score (nSPS) is 10.9. The Labute approximate surface area is 174 Å². The Hall–Kier alpha value is -0.900. The second-order valence-corrected chi connectivity index (χ2v) is 8.16. The molecule has 0 saturated heterocycles. The molecule has 0 fully saturated rings. The number of ether oxygens (including phenoxy) is 1. The van der Waals surface area contributed by atoms with Gasteiger partial charge in [0.25, 0.3) is 0 Å². The fourth-order valence-electron chi connectivity index (χ4n) is 3.57. The number of unbranched alkanes of at least 4 members (excludes halogenated alkanes) is 18. The van der Waals surface area contributed by atoms with Crippen molar-refractivity contribution in [3.63, 3.8) is 0 Å². The van der Waals surface area contributed by atoms with Crippen LogP contribution in [0.15, 0.2) is 0 Å². The maximum Gasteiger partial charge on any atom is 0.327 e. The van der Waals surface area contributed by atoms with Crippen molar-refractivity contribution in [3.05, 3.63) is 0 Å². The lowest BCUT2D eigenvalue weighted by molar-refractivity contribution is -0.158. The zero-order chi connectivity index (χ0) is 20.7. The van der Waals surface area contributed by atoms with Gasteiger partial charge >= 0.3 is 11.9 Å². The van der Waals surface area contributed by atoms with Crippen LogP contribution in [0.2, 0.25) is 0 Å². The highest BCUT2D eigenvalue weighted by Crippen LogP contribution is 2.14. The lowest BCUT2D eigenvalue weighted by Crippen LogP contribution is -2.20. The summed E-state index contributed by atoms with van der Waals surface area (Å²) in [6.07, 6.45) is 25.6. The van der Waals surface area contributed by atoms with Crippen LogP contribution in [0, 0.1) is 0 Å². The van der Waals surface area contributed by atoms with E-state index in [1.54, 1.807) is 0 Å². The first-order chi connectivity index (χ1) is 13.7. The van der Waals surface area contributed by atoms with Crippen molar-refractivity contribution < 1.29 is 14.3 Å². The van der Waals surface area contributed by atoms with E-state index in [0.29, 0.717) is 6.42 Å². The van der Waals surface area contributed by atoms with Crippen LogP contribution in [0.1, 0.15) is 135 Å². The lowest BCUT2D eigenvalue weighted by atomic mass is 10.0. The summed E-state index contributed by atoms with van der Waals surface area (Å²) in [5.41, 5.74) is 5.10. The van der Waals surface area contributed by atoms with Crippen LogP contribution in [0.5, 0.6) is 0 Å². The summed E-state index contributed by atoms with van der Waals surface area (Å²) in [6, 6.07) is 0. The van der Waals surface area contributed by atoms with Crippen LogP contribution in [-0.2, 0) is 14.3 Å². The summed E-state index contributed by atoms with van der Waals surface area (Å²) in [5.74, 6) is -1.08. The summed E-state index contributed by atoms with van der Waals surface area (Å²) in [7, 11) is 0. The van der Waals surface area contributed by atoms with Crippen molar-refractivity contribution in [3.8, 4) is 0 Å². The average Bonchev–Trinajstić information content (AvgIpc) is 2.69. The molecule has 0 aliphatic carbocycles. The first kappa shape index (κ1) is 27.1. The third kappa shape index (κ3) is 21.4. The molecule has 0 bridgehead atoms.